The van der Waals surface area contributed by atoms with Crippen LogP contribution < -0.4 is 10.2 Å². The highest BCUT2D eigenvalue weighted by Crippen LogP contribution is 2.14. The van der Waals surface area contributed by atoms with Crippen LogP contribution in [0.3, 0.4) is 0 Å². The van der Waals surface area contributed by atoms with E-state index in [-0.39, 0.29) is 0 Å². The number of carbonyl (C=O) groups excluding carboxylic acids is 1. The summed E-state index contributed by atoms with van der Waals surface area (Å²) in [7, 11) is 1.58. The van der Waals surface area contributed by atoms with Crippen molar-refractivity contribution in [3.05, 3.63) is 29.8 Å². The van der Waals surface area contributed by atoms with Gasteiger partial charge in [-0.25, -0.2) is 5.43 Å². The van der Waals surface area contributed by atoms with Gasteiger partial charge in [0.2, 0.25) is 6.41 Å². The van der Waals surface area contributed by atoms with Crippen LogP contribution in [0.4, 0.5) is 0 Å². The van der Waals surface area contributed by atoms with Crippen LogP contribution in [0.5, 0.6) is 5.75 Å². The molecule has 0 aliphatic rings. The van der Waals surface area contributed by atoms with Crippen LogP contribution in [0, 0.1) is 0 Å². The summed E-state index contributed by atoms with van der Waals surface area (Å²) in [5, 5.41) is 3.65. The fraction of sp³-hybridized carbons (Fsp3) is 0.111. The minimum Gasteiger partial charge on any atom is -0.496 e. The summed E-state index contributed by atoms with van der Waals surface area (Å²) in [6.45, 7) is 0. The zero-order valence-corrected chi connectivity index (χ0v) is 7.23. The van der Waals surface area contributed by atoms with Crippen LogP contribution in [0.1, 0.15) is 5.56 Å². The number of carbonyl (C=O) groups is 1. The molecule has 1 amide bonds. The molecule has 1 rings (SSSR count). The first kappa shape index (κ1) is 9.25. The quantitative estimate of drug-likeness (QED) is 0.420. The van der Waals surface area contributed by atoms with E-state index in [2.05, 4.69) is 10.5 Å². The van der Waals surface area contributed by atoms with Gasteiger partial charge in [-0.2, -0.15) is 5.10 Å². The molecule has 0 fully saturated rings. The molecule has 0 aromatic heterocycles. The lowest BCUT2D eigenvalue weighted by Crippen LogP contribution is -2.01. The Morgan fingerprint density at radius 3 is 2.92 bits per heavy atom. The van der Waals surface area contributed by atoms with Gasteiger partial charge in [0.05, 0.1) is 13.3 Å². The first-order valence-corrected chi connectivity index (χ1v) is 3.73. The largest absolute Gasteiger partial charge is 0.496 e. The Bertz CT molecular complexity index is 310. The Hall–Kier alpha value is -1.84. The minimum atomic E-state index is 0.506. The molecule has 0 aliphatic carbocycles. The SMILES string of the molecule is COc1ccccc1/C=N/NC=O. The van der Waals surface area contributed by atoms with E-state index in [1.165, 1.54) is 6.21 Å². The van der Waals surface area contributed by atoms with Gasteiger partial charge in [0.1, 0.15) is 5.75 Å². The number of nitrogens with zero attached hydrogens (tertiary/aromatic N) is 1. The monoisotopic (exact) mass is 178 g/mol. The Balaban J connectivity index is 2.80. The highest BCUT2D eigenvalue weighted by molar-refractivity contribution is 5.83. The predicted molar refractivity (Wildman–Crippen MR) is 49.8 cm³/mol. The zero-order chi connectivity index (χ0) is 9.52. The molecular formula is C9H10N2O2. The Morgan fingerprint density at radius 1 is 1.46 bits per heavy atom. The number of hydrogen-bond acceptors (Lipinski definition) is 3. The molecule has 4 heteroatoms. The molecule has 0 aliphatic heterocycles. The summed E-state index contributed by atoms with van der Waals surface area (Å²) in [5.41, 5.74) is 3.00. The van der Waals surface area contributed by atoms with Crippen LogP contribution in [0.15, 0.2) is 29.4 Å². The second kappa shape index (κ2) is 4.92. The number of rotatable bonds is 4. The summed E-state index contributed by atoms with van der Waals surface area (Å²) in [6.07, 6.45) is 2.03. The third-order valence-electron chi connectivity index (χ3n) is 1.47. The molecule has 0 saturated heterocycles. The smallest absolute Gasteiger partial charge is 0.227 e. The van der Waals surface area contributed by atoms with Crippen molar-refractivity contribution in [3.8, 4) is 5.75 Å². The number of ether oxygens (including phenoxy) is 1. The molecule has 4 nitrogen and oxygen atoms in total. The van der Waals surface area contributed by atoms with Crippen LogP contribution in [0.25, 0.3) is 0 Å². The lowest BCUT2D eigenvalue weighted by molar-refractivity contribution is -0.109. The molecule has 68 valence electrons. The van der Waals surface area contributed by atoms with Gasteiger partial charge in [-0.1, -0.05) is 12.1 Å². The predicted octanol–water partition coefficient (Wildman–Crippen LogP) is 0.775. The van der Waals surface area contributed by atoms with Gasteiger partial charge in [0.15, 0.2) is 0 Å². The number of methoxy groups -OCH3 is 1. The van der Waals surface area contributed by atoms with Gasteiger partial charge in [-0.05, 0) is 12.1 Å². The van der Waals surface area contributed by atoms with Crippen molar-refractivity contribution in [2.24, 2.45) is 5.10 Å². The standard InChI is InChI=1S/C9H10N2O2/c1-13-9-5-3-2-4-8(9)6-10-11-7-12/h2-7H,1H3,(H,11,12)/b10-6+. The Kier molecular flexibility index (Phi) is 3.50. The lowest BCUT2D eigenvalue weighted by Gasteiger charge is -2.01. The second-order valence-electron chi connectivity index (χ2n) is 2.25. The number of nitrogens with one attached hydrogen (secondary N) is 1. The minimum absolute atomic E-state index is 0.506. The molecule has 0 heterocycles. The fourth-order valence-electron chi connectivity index (χ4n) is 0.910. The van der Waals surface area contributed by atoms with Gasteiger partial charge in [-0.15, -0.1) is 0 Å². The molecule has 13 heavy (non-hydrogen) atoms. The highest BCUT2D eigenvalue weighted by atomic mass is 16.5. The number of hydrogen-bond donors (Lipinski definition) is 1. The van der Waals surface area contributed by atoms with Crippen molar-refractivity contribution in [1.82, 2.24) is 5.43 Å². The van der Waals surface area contributed by atoms with E-state index < -0.39 is 0 Å². The van der Waals surface area contributed by atoms with Crippen molar-refractivity contribution in [2.75, 3.05) is 7.11 Å². The van der Waals surface area contributed by atoms with Crippen LogP contribution in [-0.4, -0.2) is 19.7 Å². The zero-order valence-electron chi connectivity index (χ0n) is 7.23. The molecule has 0 atom stereocenters. The summed E-state index contributed by atoms with van der Waals surface area (Å²) in [6, 6.07) is 7.39. The summed E-state index contributed by atoms with van der Waals surface area (Å²) >= 11 is 0. The first-order valence-electron chi connectivity index (χ1n) is 3.73. The summed E-state index contributed by atoms with van der Waals surface area (Å²) in [5.74, 6) is 0.721. The summed E-state index contributed by atoms with van der Waals surface area (Å²) < 4.78 is 5.07. The number of para-hydroxylation sites is 1. The van der Waals surface area contributed by atoms with Gasteiger partial charge >= 0.3 is 0 Å². The molecule has 0 unspecified atom stereocenters. The Morgan fingerprint density at radius 2 is 2.23 bits per heavy atom. The molecule has 1 aromatic carbocycles. The average molecular weight is 178 g/mol. The van der Waals surface area contributed by atoms with Crippen molar-refractivity contribution in [1.29, 1.82) is 0 Å². The summed E-state index contributed by atoms with van der Waals surface area (Å²) in [4.78, 5) is 9.89. The molecule has 1 aromatic rings. The van der Waals surface area contributed by atoms with Crippen LogP contribution >= 0.6 is 0 Å². The van der Waals surface area contributed by atoms with E-state index in [4.69, 9.17) is 4.74 Å². The lowest BCUT2D eigenvalue weighted by atomic mass is 10.2. The van der Waals surface area contributed by atoms with Gasteiger partial charge < -0.3 is 4.74 Å². The average Bonchev–Trinajstić information content (AvgIpc) is 2.19. The topological polar surface area (TPSA) is 50.7 Å². The maximum Gasteiger partial charge on any atom is 0.227 e. The van der Waals surface area contributed by atoms with Crippen LogP contribution in [0.2, 0.25) is 0 Å². The number of benzene rings is 1. The van der Waals surface area contributed by atoms with E-state index in [1.807, 2.05) is 24.3 Å². The van der Waals surface area contributed by atoms with E-state index in [0.29, 0.717) is 6.41 Å². The fourth-order valence-corrected chi connectivity index (χ4v) is 0.910. The second-order valence-corrected chi connectivity index (χ2v) is 2.25. The Labute approximate surface area is 76.2 Å². The molecule has 0 radical (unpaired) electrons. The molecule has 0 bridgehead atoms. The third kappa shape index (κ3) is 2.59. The third-order valence-corrected chi connectivity index (χ3v) is 1.47. The van der Waals surface area contributed by atoms with E-state index in [1.54, 1.807) is 7.11 Å². The van der Waals surface area contributed by atoms with Crippen molar-refractivity contribution < 1.29 is 9.53 Å². The van der Waals surface area contributed by atoms with Crippen molar-refractivity contribution >= 4 is 12.6 Å². The van der Waals surface area contributed by atoms with Crippen molar-refractivity contribution in [3.63, 3.8) is 0 Å². The van der Waals surface area contributed by atoms with Gasteiger partial charge in [-0.3, -0.25) is 4.79 Å². The van der Waals surface area contributed by atoms with E-state index >= 15 is 0 Å². The van der Waals surface area contributed by atoms with E-state index in [0.717, 1.165) is 11.3 Å². The normalized spacial score (nSPS) is 9.92. The molecule has 0 saturated carbocycles. The molecular weight excluding hydrogens is 168 g/mol. The maximum atomic E-state index is 9.89. The van der Waals surface area contributed by atoms with Gasteiger partial charge in [0.25, 0.3) is 0 Å². The maximum absolute atomic E-state index is 9.89. The van der Waals surface area contributed by atoms with Gasteiger partial charge in [0, 0.05) is 5.56 Å². The number of amides is 1. The molecule has 1 N–H and O–H groups in total. The van der Waals surface area contributed by atoms with Crippen LogP contribution in [-0.2, 0) is 4.79 Å². The highest BCUT2D eigenvalue weighted by Gasteiger charge is 1.96. The van der Waals surface area contributed by atoms with E-state index in [9.17, 15) is 4.79 Å². The number of hydrazone groups is 1. The van der Waals surface area contributed by atoms with Crippen molar-refractivity contribution in [2.45, 2.75) is 0 Å². The molecule has 0 spiro atoms. The first-order chi connectivity index (χ1) is 6.38.